The Hall–Kier alpha value is -1.93. The van der Waals surface area contributed by atoms with Crippen molar-refractivity contribution in [2.24, 2.45) is 0 Å². The van der Waals surface area contributed by atoms with E-state index in [1.54, 1.807) is 12.1 Å². The fraction of sp³-hybridized carbons (Fsp3) is 0.250. The molecule has 0 unspecified atom stereocenters. The molecule has 24 heavy (non-hydrogen) atoms. The largest absolute Gasteiger partial charge is 0.506 e. The van der Waals surface area contributed by atoms with Gasteiger partial charge in [-0.1, -0.05) is 13.0 Å². The summed E-state index contributed by atoms with van der Waals surface area (Å²) in [5.41, 5.74) is 1.02. The van der Waals surface area contributed by atoms with Crippen LogP contribution in [0.4, 0.5) is 5.69 Å². The van der Waals surface area contributed by atoms with Crippen molar-refractivity contribution >= 4 is 31.6 Å². The van der Waals surface area contributed by atoms with E-state index in [2.05, 4.69) is 20.7 Å². The van der Waals surface area contributed by atoms with Crippen LogP contribution in [0.2, 0.25) is 0 Å². The molecule has 2 aromatic carbocycles. The first-order valence-electron chi connectivity index (χ1n) is 7.08. The molecule has 6 nitrogen and oxygen atoms in total. The Labute approximate surface area is 149 Å². The van der Waals surface area contributed by atoms with E-state index < -0.39 is 10.0 Å². The Morgan fingerprint density at radius 3 is 2.33 bits per heavy atom. The molecule has 0 aliphatic rings. The monoisotopic (exact) mass is 415 g/mol. The van der Waals surface area contributed by atoms with Crippen molar-refractivity contribution in [2.45, 2.75) is 18.2 Å². The minimum Gasteiger partial charge on any atom is -0.506 e. The van der Waals surface area contributed by atoms with Crippen molar-refractivity contribution in [3.05, 3.63) is 40.4 Å². The smallest absolute Gasteiger partial charge is 0.263 e. The van der Waals surface area contributed by atoms with Gasteiger partial charge in [-0.2, -0.15) is 0 Å². The Morgan fingerprint density at radius 1 is 1.12 bits per heavy atom. The van der Waals surface area contributed by atoms with Gasteiger partial charge in [-0.15, -0.1) is 0 Å². The van der Waals surface area contributed by atoms with Crippen molar-refractivity contribution in [2.75, 3.05) is 18.9 Å². The first-order chi connectivity index (χ1) is 11.3. The van der Waals surface area contributed by atoms with Crippen LogP contribution in [0, 0.1) is 0 Å². The molecular weight excluding hydrogens is 398 g/mol. The molecule has 0 aliphatic heterocycles. The Balaban J connectivity index is 2.48. The third kappa shape index (κ3) is 3.76. The molecule has 0 fully saturated rings. The fourth-order valence-corrected chi connectivity index (χ4v) is 4.23. The second-order valence-corrected chi connectivity index (χ2v) is 7.45. The summed E-state index contributed by atoms with van der Waals surface area (Å²) in [5, 5.41) is 9.91. The number of hydrogen-bond acceptors (Lipinski definition) is 5. The lowest BCUT2D eigenvalue weighted by atomic mass is 10.1. The van der Waals surface area contributed by atoms with Gasteiger partial charge in [-0.3, -0.25) is 4.72 Å². The molecule has 2 aromatic rings. The zero-order valence-electron chi connectivity index (χ0n) is 13.5. The zero-order valence-corrected chi connectivity index (χ0v) is 15.9. The van der Waals surface area contributed by atoms with Crippen LogP contribution in [0.1, 0.15) is 12.5 Å². The maximum atomic E-state index is 12.7. The van der Waals surface area contributed by atoms with Crippen LogP contribution in [0.15, 0.2) is 39.7 Å². The third-order valence-electron chi connectivity index (χ3n) is 3.44. The number of anilines is 1. The molecule has 0 bridgehead atoms. The summed E-state index contributed by atoms with van der Waals surface area (Å²) in [6, 6.07) is 7.66. The standard InChI is InChI=1S/C16H18BrNO5S/c1-4-10-5-6-13(19)12(7-10)18-24(20,21)16-9-15(23-3)14(22-2)8-11(16)17/h5-9,18-19H,4H2,1-3H3. The number of halogens is 1. The third-order valence-corrected chi connectivity index (χ3v) is 5.77. The molecule has 0 saturated heterocycles. The van der Waals surface area contributed by atoms with E-state index in [0.717, 1.165) is 12.0 Å². The van der Waals surface area contributed by atoms with Gasteiger partial charge in [-0.25, -0.2) is 8.42 Å². The number of benzene rings is 2. The molecule has 0 aliphatic carbocycles. The van der Waals surface area contributed by atoms with Crippen LogP contribution in [0.5, 0.6) is 17.2 Å². The molecule has 2 rings (SSSR count). The number of nitrogens with one attached hydrogen (secondary N) is 1. The van der Waals surface area contributed by atoms with Gasteiger partial charge in [0.15, 0.2) is 11.5 Å². The Kier molecular flexibility index (Phi) is 5.61. The molecule has 130 valence electrons. The summed E-state index contributed by atoms with van der Waals surface area (Å²) >= 11 is 3.23. The van der Waals surface area contributed by atoms with E-state index in [-0.39, 0.29) is 22.1 Å². The summed E-state index contributed by atoms with van der Waals surface area (Å²) in [7, 11) is -1.06. The zero-order chi connectivity index (χ0) is 17.9. The summed E-state index contributed by atoms with van der Waals surface area (Å²) < 4.78 is 38.4. The first kappa shape index (κ1) is 18.4. The normalized spacial score (nSPS) is 11.2. The molecule has 0 heterocycles. The lowest BCUT2D eigenvalue weighted by molar-refractivity contribution is 0.353. The maximum absolute atomic E-state index is 12.7. The van der Waals surface area contributed by atoms with Gasteiger partial charge < -0.3 is 14.6 Å². The predicted octanol–water partition coefficient (Wildman–Crippen LogP) is 3.54. The van der Waals surface area contributed by atoms with Gasteiger partial charge >= 0.3 is 0 Å². The second kappa shape index (κ2) is 7.31. The average molecular weight is 416 g/mol. The number of hydrogen-bond donors (Lipinski definition) is 2. The van der Waals surface area contributed by atoms with Crippen molar-refractivity contribution in [3.8, 4) is 17.2 Å². The minimum absolute atomic E-state index is 0.0264. The number of methoxy groups -OCH3 is 2. The summed E-state index contributed by atoms with van der Waals surface area (Å²) in [6.07, 6.45) is 0.717. The van der Waals surface area contributed by atoms with Crippen molar-refractivity contribution in [1.82, 2.24) is 0 Å². The lowest BCUT2D eigenvalue weighted by Gasteiger charge is -2.14. The van der Waals surface area contributed by atoms with Crippen LogP contribution >= 0.6 is 15.9 Å². The van der Waals surface area contributed by atoms with Crippen molar-refractivity contribution in [1.29, 1.82) is 0 Å². The van der Waals surface area contributed by atoms with Gasteiger partial charge in [-0.05, 0) is 46.1 Å². The van der Waals surface area contributed by atoms with E-state index in [1.165, 1.54) is 32.4 Å². The van der Waals surface area contributed by atoms with E-state index in [9.17, 15) is 13.5 Å². The van der Waals surface area contributed by atoms with E-state index in [0.29, 0.717) is 10.2 Å². The maximum Gasteiger partial charge on any atom is 0.263 e. The van der Waals surface area contributed by atoms with Gasteiger partial charge in [0.25, 0.3) is 10.0 Å². The highest BCUT2D eigenvalue weighted by Gasteiger charge is 2.22. The van der Waals surface area contributed by atoms with Crippen LogP contribution in [0.3, 0.4) is 0 Å². The molecule has 0 spiro atoms. The number of phenols is 1. The number of ether oxygens (including phenoxy) is 2. The SMILES string of the molecule is CCc1ccc(O)c(NS(=O)(=O)c2cc(OC)c(OC)cc2Br)c1. The van der Waals surface area contributed by atoms with Crippen LogP contribution in [0.25, 0.3) is 0 Å². The molecular formula is C16H18BrNO5S. The van der Waals surface area contributed by atoms with Crippen molar-refractivity contribution in [3.63, 3.8) is 0 Å². The number of aromatic hydroxyl groups is 1. The number of rotatable bonds is 6. The Morgan fingerprint density at radius 2 is 1.75 bits per heavy atom. The van der Waals surface area contributed by atoms with Gasteiger partial charge in [0.2, 0.25) is 0 Å². The molecule has 0 amide bonds. The summed E-state index contributed by atoms with van der Waals surface area (Å²) in [5.74, 6) is 0.541. The molecule has 8 heteroatoms. The number of aryl methyl sites for hydroxylation is 1. The minimum atomic E-state index is -3.94. The molecule has 0 radical (unpaired) electrons. The van der Waals surface area contributed by atoms with E-state index in [4.69, 9.17) is 9.47 Å². The number of phenolic OH excluding ortho intramolecular Hbond substituents is 1. The quantitative estimate of drug-likeness (QED) is 0.704. The highest BCUT2D eigenvalue weighted by molar-refractivity contribution is 9.10. The Bertz CT molecular complexity index is 852. The summed E-state index contributed by atoms with van der Waals surface area (Å²) in [4.78, 5) is -0.0264. The molecule has 2 N–H and O–H groups in total. The molecule has 0 saturated carbocycles. The van der Waals surface area contributed by atoms with Crippen molar-refractivity contribution < 1.29 is 23.0 Å². The van der Waals surface area contributed by atoms with Crippen LogP contribution in [-0.2, 0) is 16.4 Å². The predicted molar refractivity (Wildman–Crippen MR) is 95.5 cm³/mol. The topological polar surface area (TPSA) is 84.9 Å². The van der Waals surface area contributed by atoms with Crippen LogP contribution in [-0.4, -0.2) is 27.7 Å². The lowest BCUT2D eigenvalue weighted by Crippen LogP contribution is -2.14. The molecule has 0 aromatic heterocycles. The van der Waals surface area contributed by atoms with Gasteiger partial charge in [0.1, 0.15) is 10.6 Å². The summed E-state index contributed by atoms with van der Waals surface area (Å²) in [6.45, 7) is 1.94. The average Bonchev–Trinajstić information content (AvgIpc) is 2.56. The van der Waals surface area contributed by atoms with E-state index >= 15 is 0 Å². The number of sulfonamides is 1. The van der Waals surface area contributed by atoms with Crippen LogP contribution < -0.4 is 14.2 Å². The highest BCUT2D eigenvalue weighted by atomic mass is 79.9. The molecule has 0 atom stereocenters. The highest BCUT2D eigenvalue weighted by Crippen LogP contribution is 2.37. The fourth-order valence-electron chi connectivity index (χ4n) is 2.13. The second-order valence-electron chi connectivity index (χ2n) is 4.95. The van der Waals surface area contributed by atoms with E-state index in [1.807, 2.05) is 6.92 Å². The van der Waals surface area contributed by atoms with Gasteiger partial charge in [0, 0.05) is 10.5 Å². The van der Waals surface area contributed by atoms with Gasteiger partial charge in [0.05, 0.1) is 19.9 Å². The first-order valence-corrected chi connectivity index (χ1v) is 9.36.